The van der Waals surface area contributed by atoms with E-state index in [1.54, 1.807) is 53.4 Å². The summed E-state index contributed by atoms with van der Waals surface area (Å²) in [6.45, 7) is 5.10. The third-order valence-corrected chi connectivity index (χ3v) is 3.90. The van der Waals surface area contributed by atoms with E-state index in [0.717, 1.165) is 0 Å². The average molecular weight is 361 g/mol. The zero-order valence-electron chi connectivity index (χ0n) is 14.3. The maximum absolute atomic E-state index is 12.2. The number of halogens is 1. The van der Waals surface area contributed by atoms with Crippen molar-refractivity contribution in [1.29, 1.82) is 0 Å². The molecular weight excluding hydrogens is 340 g/mol. The Morgan fingerprint density at radius 3 is 2.16 bits per heavy atom. The summed E-state index contributed by atoms with van der Waals surface area (Å²) in [5, 5.41) is 3.32. The summed E-state index contributed by atoms with van der Waals surface area (Å²) in [6, 6.07) is 13.6. The number of carbonyl (C=O) groups excluding carboxylic acids is 2. The minimum Gasteiger partial charge on any atom is -0.484 e. The van der Waals surface area contributed by atoms with Crippen molar-refractivity contribution in [1.82, 2.24) is 4.90 Å². The molecule has 132 valence electrons. The fraction of sp³-hybridized carbons (Fsp3) is 0.263. The van der Waals surface area contributed by atoms with Crippen LogP contribution in [-0.2, 0) is 4.79 Å². The smallest absolute Gasteiger partial charge is 0.262 e. The summed E-state index contributed by atoms with van der Waals surface area (Å²) < 4.78 is 5.45. The quantitative estimate of drug-likeness (QED) is 0.816. The number of nitrogens with one attached hydrogen (secondary N) is 1. The van der Waals surface area contributed by atoms with Gasteiger partial charge in [0.25, 0.3) is 11.8 Å². The molecule has 0 saturated carbocycles. The van der Waals surface area contributed by atoms with Crippen LogP contribution in [0.1, 0.15) is 24.2 Å². The monoisotopic (exact) mass is 360 g/mol. The molecule has 0 saturated heterocycles. The zero-order valence-corrected chi connectivity index (χ0v) is 15.0. The molecular formula is C19H21ClN2O3. The lowest BCUT2D eigenvalue weighted by Gasteiger charge is -2.18. The molecule has 0 aromatic heterocycles. The van der Waals surface area contributed by atoms with Gasteiger partial charge in [-0.3, -0.25) is 9.59 Å². The van der Waals surface area contributed by atoms with Crippen molar-refractivity contribution in [2.45, 2.75) is 13.8 Å². The standard InChI is InChI=1S/C19H21ClN2O3/c1-3-22(4-2)19(24)14-5-11-17(12-6-14)25-13-18(23)21-16-9-7-15(20)8-10-16/h5-12H,3-4,13H2,1-2H3,(H,21,23). The highest BCUT2D eigenvalue weighted by molar-refractivity contribution is 6.30. The molecule has 2 aromatic carbocycles. The maximum atomic E-state index is 12.2. The van der Waals surface area contributed by atoms with Gasteiger partial charge in [0.05, 0.1) is 0 Å². The fourth-order valence-corrected chi connectivity index (χ4v) is 2.39. The molecule has 25 heavy (non-hydrogen) atoms. The molecule has 0 atom stereocenters. The molecule has 0 fully saturated rings. The van der Waals surface area contributed by atoms with Gasteiger partial charge in [-0.2, -0.15) is 0 Å². The van der Waals surface area contributed by atoms with Gasteiger partial charge in [-0.1, -0.05) is 11.6 Å². The van der Waals surface area contributed by atoms with Gasteiger partial charge in [0, 0.05) is 29.4 Å². The van der Waals surface area contributed by atoms with Crippen molar-refractivity contribution in [3.63, 3.8) is 0 Å². The van der Waals surface area contributed by atoms with Crippen LogP contribution in [0.2, 0.25) is 5.02 Å². The minimum atomic E-state index is -0.273. The van der Waals surface area contributed by atoms with Gasteiger partial charge in [-0.05, 0) is 62.4 Å². The summed E-state index contributed by atoms with van der Waals surface area (Å²) in [7, 11) is 0. The van der Waals surface area contributed by atoms with E-state index in [1.165, 1.54) is 0 Å². The van der Waals surface area contributed by atoms with Crippen molar-refractivity contribution in [2.75, 3.05) is 25.0 Å². The summed E-state index contributed by atoms with van der Waals surface area (Å²) in [5.41, 5.74) is 1.25. The lowest BCUT2D eigenvalue weighted by Crippen LogP contribution is -2.30. The first-order valence-corrected chi connectivity index (χ1v) is 8.48. The summed E-state index contributed by atoms with van der Waals surface area (Å²) in [4.78, 5) is 25.9. The van der Waals surface area contributed by atoms with Gasteiger partial charge in [-0.15, -0.1) is 0 Å². The van der Waals surface area contributed by atoms with Crippen LogP contribution < -0.4 is 10.1 Å². The highest BCUT2D eigenvalue weighted by Crippen LogP contribution is 2.15. The third kappa shape index (κ3) is 5.50. The fourth-order valence-electron chi connectivity index (χ4n) is 2.27. The molecule has 0 bridgehead atoms. The van der Waals surface area contributed by atoms with Gasteiger partial charge >= 0.3 is 0 Å². The third-order valence-electron chi connectivity index (χ3n) is 3.65. The zero-order chi connectivity index (χ0) is 18.2. The summed E-state index contributed by atoms with van der Waals surface area (Å²) in [5.74, 6) is 0.241. The van der Waals surface area contributed by atoms with E-state index in [4.69, 9.17) is 16.3 Å². The molecule has 5 nitrogen and oxygen atoms in total. The number of hydrogen-bond donors (Lipinski definition) is 1. The second-order valence-corrected chi connectivity index (χ2v) is 5.78. The molecule has 1 N–H and O–H groups in total. The Balaban J connectivity index is 1.87. The largest absolute Gasteiger partial charge is 0.484 e. The van der Waals surface area contributed by atoms with Gasteiger partial charge in [0.1, 0.15) is 5.75 Å². The van der Waals surface area contributed by atoms with Gasteiger partial charge in [0.2, 0.25) is 0 Å². The minimum absolute atomic E-state index is 0.0166. The highest BCUT2D eigenvalue weighted by atomic mass is 35.5. The predicted molar refractivity (Wildman–Crippen MR) is 99.3 cm³/mol. The van der Waals surface area contributed by atoms with E-state index in [9.17, 15) is 9.59 Å². The van der Waals surface area contributed by atoms with Crippen molar-refractivity contribution in [3.8, 4) is 5.75 Å². The first-order valence-electron chi connectivity index (χ1n) is 8.11. The Morgan fingerprint density at radius 1 is 1.00 bits per heavy atom. The molecule has 2 aromatic rings. The molecule has 0 aliphatic rings. The number of rotatable bonds is 7. The van der Waals surface area contributed by atoms with Crippen LogP contribution in [0.5, 0.6) is 5.75 Å². The van der Waals surface area contributed by atoms with E-state index in [1.807, 2.05) is 13.8 Å². The normalized spacial score (nSPS) is 10.2. The number of anilines is 1. The topological polar surface area (TPSA) is 58.6 Å². The molecule has 0 aliphatic heterocycles. The van der Waals surface area contributed by atoms with E-state index >= 15 is 0 Å². The van der Waals surface area contributed by atoms with Crippen molar-refractivity contribution < 1.29 is 14.3 Å². The molecule has 2 rings (SSSR count). The number of benzene rings is 2. The summed E-state index contributed by atoms with van der Waals surface area (Å²) in [6.07, 6.45) is 0. The first kappa shape index (κ1) is 18.8. The molecule has 6 heteroatoms. The Kier molecular flexibility index (Phi) is 6.83. The van der Waals surface area contributed by atoms with Crippen molar-refractivity contribution in [3.05, 3.63) is 59.1 Å². The average Bonchev–Trinajstić information content (AvgIpc) is 2.63. The second kappa shape index (κ2) is 9.08. The Labute approximate surface area is 152 Å². The SMILES string of the molecule is CCN(CC)C(=O)c1ccc(OCC(=O)Nc2ccc(Cl)cc2)cc1. The number of hydrogen-bond acceptors (Lipinski definition) is 3. The van der Waals surface area contributed by atoms with Crippen LogP contribution in [-0.4, -0.2) is 36.4 Å². The second-order valence-electron chi connectivity index (χ2n) is 5.35. The number of ether oxygens (including phenoxy) is 1. The van der Waals surface area contributed by atoms with E-state index in [-0.39, 0.29) is 18.4 Å². The summed E-state index contributed by atoms with van der Waals surface area (Å²) >= 11 is 5.80. The molecule has 0 radical (unpaired) electrons. The molecule has 0 unspecified atom stereocenters. The van der Waals surface area contributed by atoms with Crippen LogP contribution in [0.15, 0.2) is 48.5 Å². The van der Waals surface area contributed by atoms with E-state index in [0.29, 0.717) is 35.1 Å². The Morgan fingerprint density at radius 2 is 1.60 bits per heavy atom. The Bertz CT molecular complexity index is 710. The van der Waals surface area contributed by atoms with Gasteiger partial charge < -0.3 is 15.0 Å². The number of carbonyl (C=O) groups is 2. The molecule has 0 aliphatic carbocycles. The lowest BCUT2D eigenvalue weighted by atomic mass is 10.2. The van der Waals surface area contributed by atoms with Gasteiger partial charge in [-0.25, -0.2) is 0 Å². The van der Waals surface area contributed by atoms with Crippen LogP contribution in [0.4, 0.5) is 5.69 Å². The Hall–Kier alpha value is -2.53. The number of amides is 2. The van der Waals surface area contributed by atoms with Gasteiger partial charge in [0.15, 0.2) is 6.61 Å². The lowest BCUT2D eigenvalue weighted by molar-refractivity contribution is -0.118. The maximum Gasteiger partial charge on any atom is 0.262 e. The van der Waals surface area contributed by atoms with E-state index in [2.05, 4.69) is 5.32 Å². The highest BCUT2D eigenvalue weighted by Gasteiger charge is 2.12. The van der Waals surface area contributed by atoms with Crippen LogP contribution >= 0.6 is 11.6 Å². The molecule has 2 amide bonds. The van der Waals surface area contributed by atoms with Crippen LogP contribution in [0.25, 0.3) is 0 Å². The van der Waals surface area contributed by atoms with Crippen LogP contribution in [0.3, 0.4) is 0 Å². The predicted octanol–water partition coefficient (Wildman–Crippen LogP) is 3.84. The van der Waals surface area contributed by atoms with Crippen molar-refractivity contribution >= 4 is 29.1 Å². The van der Waals surface area contributed by atoms with Crippen LogP contribution in [0, 0.1) is 0 Å². The number of nitrogens with zero attached hydrogens (tertiary/aromatic N) is 1. The van der Waals surface area contributed by atoms with Crippen molar-refractivity contribution in [2.24, 2.45) is 0 Å². The van der Waals surface area contributed by atoms with E-state index < -0.39 is 0 Å². The first-order chi connectivity index (χ1) is 12.0. The molecule has 0 spiro atoms. The molecule has 0 heterocycles.